The van der Waals surface area contributed by atoms with Crippen molar-refractivity contribution in [2.75, 3.05) is 18.0 Å². The van der Waals surface area contributed by atoms with Crippen molar-refractivity contribution in [3.8, 4) is 5.75 Å². The highest BCUT2D eigenvalue weighted by Crippen LogP contribution is 2.34. The van der Waals surface area contributed by atoms with E-state index in [0.717, 1.165) is 5.56 Å². The molecule has 2 aromatic carbocycles. The van der Waals surface area contributed by atoms with E-state index in [2.05, 4.69) is 20.8 Å². The monoisotopic (exact) mass is 573 g/mol. The smallest absolute Gasteiger partial charge is 0.420 e. The predicted molar refractivity (Wildman–Crippen MR) is 142 cm³/mol. The van der Waals surface area contributed by atoms with Crippen molar-refractivity contribution in [1.82, 2.24) is 14.7 Å². The summed E-state index contributed by atoms with van der Waals surface area (Å²) in [6.07, 6.45) is -0.708. The second-order valence-corrected chi connectivity index (χ2v) is 9.92. The van der Waals surface area contributed by atoms with Crippen LogP contribution in [0, 0.1) is 17.5 Å². The van der Waals surface area contributed by atoms with Crippen LogP contribution < -0.4 is 20.7 Å². The third kappa shape index (κ3) is 6.27. The first kappa shape index (κ1) is 28.3. The number of aryl methyl sites for hydroxylation is 1. The number of pyridine rings is 1. The molecule has 0 unspecified atom stereocenters. The molecule has 5 rings (SSSR count). The molecule has 12 heteroatoms. The van der Waals surface area contributed by atoms with Gasteiger partial charge < -0.3 is 15.0 Å². The molecule has 3 heterocycles. The minimum atomic E-state index is -3.77. The van der Waals surface area contributed by atoms with Crippen LogP contribution >= 0.6 is 0 Å². The van der Waals surface area contributed by atoms with Crippen LogP contribution in [0.5, 0.6) is 5.75 Å². The number of anilines is 1. The molecular formula is C29H28F5N5O2. The molecule has 0 saturated carbocycles. The fourth-order valence-corrected chi connectivity index (χ4v) is 5.25. The van der Waals surface area contributed by atoms with Gasteiger partial charge in [0.25, 0.3) is 5.91 Å². The second-order valence-electron chi connectivity index (χ2n) is 9.92. The van der Waals surface area contributed by atoms with Crippen LogP contribution in [0.2, 0.25) is 0 Å². The lowest BCUT2D eigenvalue weighted by molar-refractivity contribution is -0.170. The Morgan fingerprint density at radius 2 is 1.73 bits per heavy atom. The molecule has 0 aliphatic carbocycles. The van der Waals surface area contributed by atoms with Gasteiger partial charge in [0.15, 0.2) is 0 Å². The average molecular weight is 574 g/mol. The van der Waals surface area contributed by atoms with Crippen LogP contribution in [0.15, 0.2) is 54.7 Å². The third-order valence-electron chi connectivity index (χ3n) is 7.16. The average Bonchev–Trinajstić information content (AvgIpc) is 3.29. The van der Waals surface area contributed by atoms with Gasteiger partial charge in [-0.2, -0.15) is 0 Å². The Balaban J connectivity index is 1.22. The maximum Gasteiger partial charge on any atom is 0.466 e. The fraction of sp³-hybridized carbons (Fsp3) is 0.310. The van der Waals surface area contributed by atoms with E-state index in [1.165, 1.54) is 47.0 Å². The SMILES string of the molecule is CCc1nc2cc(F)ccn2c1C(=O)NCc1cc(F)c(N2CCC(c3ccc(OC(N)(F)F)cc3)CC2)c(F)c1. The molecule has 41 heavy (non-hydrogen) atoms. The van der Waals surface area contributed by atoms with Crippen molar-refractivity contribution in [3.63, 3.8) is 0 Å². The molecule has 2 aromatic heterocycles. The number of nitrogens with two attached hydrogens (primary N) is 1. The van der Waals surface area contributed by atoms with Crippen LogP contribution in [0.1, 0.15) is 53.0 Å². The number of halogens is 5. The van der Waals surface area contributed by atoms with Crippen LogP contribution in [0.25, 0.3) is 5.65 Å². The first-order valence-electron chi connectivity index (χ1n) is 13.2. The largest absolute Gasteiger partial charge is 0.466 e. The number of carbonyl (C=O) groups excluding carboxylic acids is 1. The lowest BCUT2D eigenvalue weighted by Gasteiger charge is -2.34. The Kier molecular flexibility index (Phi) is 7.85. The molecule has 1 fully saturated rings. The number of aromatic nitrogens is 2. The molecule has 0 radical (unpaired) electrons. The van der Waals surface area contributed by atoms with Crippen molar-refractivity contribution in [3.05, 3.63) is 94.7 Å². The maximum atomic E-state index is 15.1. The van der Waals surface area contributed by atoms with E-state index in [-0.39, 0.29) is 35.2 Å². The van der Waals surface area contributed by atoms with Crippen molar-refractivity contribution >= 4 is 17.2 Å². The zero-order chi connectivity index (χ0) is 29.3. The Bertz CT molecular complexity index is 1540. The number of nitrogens with zero attached hydrogens (tertiary/aromatic N) is 3. The summed E-state index contributed by atoms with van der Waals surface area (Å²) in [5, 5.41) is 2.68. The molecule has 7 nitrogen and oxygen atoms in total. The van der Waals surface area contributed by atoms with Crippen molar-refractivity contribution < 1.29 is 31.5 Å². The number of nitrogens with one attached hydrogen (secondary N) is 1. The molecule has 3 N–H and O–H groups in total. The summed E-state index contributed by atoms with van der Waals surface area (Å²) < 4.78 is 75.4. The number of piperidine rings is 1. The Morgan fingerprint density at radius 1 is 1.07 bits per heavy atom. The summed E-state index contributed by atoms with van der Waals surface area (Å²) in [6, 6.07) is 11.0. The second kappa shape index (κ2) is 11.4. The van der Waals surface area contributed by atoms with Crippen molar-refractivity contribution in [2.24, 2.45) is 5.73 Å². The highest BCUT2D eigenvalue weighted by molar-refractivity contribution is 5.94. The van der Waals surface area contributed by atoms with E-state index in [1.807, 2.05) is 6.92 Å². The Morgan fingerprint density at radius 3 is 2.34 bits per heavy atom. The number of hydrogen-bond acceptors (Lipinski definition) is 5. The molecule has 0 atom stereocenters. The van der Waals surface area contributed by atoms with Gasteiger partial charge in [0.2, 0.25) is 0 Å². The summed E-state index contributed by atoms with van der Waals surface area (Å²) >= 11 is 0. The van der Waals surface area contributed by atoms with Gasteiger partial charge >= 0.3 is 6.23 Å². The van der Waals surface area contributed by atoms with E-state index in [4.69, 9.17) is 0 Å². The molecule has 1 saturated heterocycles. The number of hydrogen-bond donors (Lipinski definition) is 2. The van der Waals surface area contributed by atoms with Crippen LogP contribution in [-0.4, -0.2) is 34.6 Å². The van der Waals surface area contributed by atoms with Crippen LogP contribution in [0.4, 0.5) is 27.6 Å². The summed E-state index contributed by atoms with van der Waals surface area (Å²) in [6.45, 7) is 2.48. The zero-order valence-electron chi connectivity index (χ0n) is 22.1. The van der Waals surface area contributed by atoms with Gasteiger partial charge in [-0.1, -0.05) is 19.1 Å². The fourth-order valence-electron chi connectivity index (χ4n) is 5.25. The van der Waals surface area contributed by atoms with Crippen molar-refractivity contribution in [1.29, 1.82) is 0 Å². The maximum absolute atomic E-state index is 15.1. The quantitative estimate of drug-likeness (QED) is 0.165. The molecule has 1 aliphatic heterocycles. The summed E-state index contributed by atoms with van der Waals surface area (Å²) in [5.74, 6) is -2.42. The first-order valence-corrected chi connectivity index (χ1v) is 13.2. The lowest BCUT2D eigenvalue weighted by atomic mass is 9.89. The van der Waals surface area contributed by atoms with Gasteiger partial charge in [-0.05, 0) is 66.6 Å². The van der Waals surface area contributed by atoms with Gasteiger partial charge in [-0.25, -0.2) is 23.9 Å². The number of alkyl halides is 2. The number of fused-ring (bicyclic) bond motifs is 1. The number of benzene rings is 2. The first-order chi connectivity index (χ1) is 19.5. The number of ether oxygens (including phenoxy) is 1. The summed E-state index contributed by atoms with van der Waals surface area (Å²) in [5.41, 5.74) is 6.61. The summed E-state index contributed by atoms with van der Waals surface area (Å²) in [7, 11) is 0. The molecule has 216 valence electrons. The molecule has 0 spiro atoms. The van der Waals surface area contributed by atoms with E-state index in [9.17, 15) is 18.0 Å². The molecule has 0 bridgehead atoms. The van der Waals surface area contributed by atoms with Crippen molar-refractivity contribution in [2.45, 2.75) is 44.9 Å². The number of imidazole rings is 1. The summed E-state index contributed by atoms with van der Waals surface area (Å²) in [4.78, 5) is 18.9. The van der Waals surface area contributed by atoms with E-state index >= 15 is 8.78 Å². The minimum Gasteiger partial charge on any atom is -0.420 e. The number of rotatable bonds is 8. The van der Waals surface area contributed by atoms with Crippen LogP contribution in [0.3, 0.4) is 0 Å². The van der Waals surface area contributed by atoms with Crippen LogP contribution in [-0.2, 0) is 13.0 Å². The van der Waals surface area contributed by atoms with Gasteiger partial charge in [0.05, 0.1) is 5.69 Å². The topological polar surface area (TPSA) is 84.9 Å². The molecule has 4 aromatic rings. The Labute approximate surface area is 232 Å². The molecule has 1 amide bonds. The number of carbonyl (C=O) groups is 1. The highest BCUT2D eigenvalue weighted by atomic mass is 19.3. The molecular weight excluding hydrogens is 545 g/mol. The van der Waals surface area contributed by atoms with E-state index in [1.54, 1.807) is 17.0 Å². The standard InChI is InChI=1S/C29H28F5N5O2/c1-2-24-27(39-12-9-20(30)15-25(39)37-24)28(40)36-16-17-13-22(31)26(23(32)14-17)38-10-7-19(8-11-38)18-3-5-21(6-4-18)41-29(33,34)35/h3-6,9,12-15,19H,2,7-8,10-11,16,35H2,1H3,(H,36,40). The zero-order valence-corrected chi connectivity index (χ0v) is 22.1. The normalized spacial score (nSPS) is 14.5. The van der Waals surface area contributed by atoms with Gasteiger partial charge in [-0.15, -0.1) is 8.78 Å². The number of amides is 1. The lowest BCUT2D eigenvalue weighted by Crippen LogP contribution is -2.35. The molecule has 1 aliphatic rings. The van der Waals surface area contributed by atoms with Gasteiger partial charge in [0.1, 0.15) is 40.2 Å². The third-order valence-corrected chi connectivity index (χ3v) is 7.16. The minimum absolute atomic E-state index is 0.0566. The Hall–Kier alpha value is -4.19. The van der Waals surface area contributed by atoms with E-state index < -0.39 is 29.6 Å². The van der Waals surface area contributed by atoms with Gasteiger partial charge in [-0.3, -0.25) is 9.20 Å². The highest BCUT2D eigenvalue weighted by Gasteiger charge is 2.27. The predicted octanol–water partition coefficient (Wildman–Crippen LogP) is 5.52. The van der Waals surface area contributed by atoms with Gasteiger partial charge in [0, 0.05) is 31.9 Å². The van der Waals surface area contributed by atoms with E-state index in [0.29, 0.717) is 43.7 Å².